The van der Waals surface area contributed by atoms with Crippen molar-refractivity contribution in [1.29, 1.82) is 0 Å². The first-order valence-corrected chi connectivity index (χ1v) is 10.9. The highest BCUT2D eigenvalue weighted by Gasteiger charge is 2.20. The van der Waals surface area contributed by atoms with Crippen LogP contribution in [0.4, 0.5) is 5.69 Å². The molecule has 0 amide bonds. The van der Waals surface area contributed by atoms with Gasteiger partial charge in [-0.2, -0.15) is 5.10 Å². The summed E-state index contributed by atoms with van der Waals surface area (Å²) in [4.78, 5) is 11.8. The van der Waals surface area contributed by atoms with Gasteiger partial charge in [-0.05, 0) is 35.4 Å². The van der Waals surface area contributed by atoms with Crippen molar-refractivity contribution in [3.8, 4) is 11.4 Å². The summed E-state index contributed by atoms with van der Waals surface area (Å²) in [7, 11) is 0. The minimum atomic E-state index is 0.736. The lowest BCUT2D eigenvalue weighted by Crippen LogP contribution is -2.36. The third-order valence-corrected chi connectivity index (χ3v) is 6.28. The number of fused-ring (bicyclic) bond motifs is 2. The molecule has 32 heavy (non-hydrogen) atoms. The zero-order valence-electron chi connectivity index (χ0n) is 18.0. The van der Waals surface area contributed by atoms with E-state index in [2.05, 4.69) is 86.2 Å². The fraction of sp³-hybridized carbons (Fsp3) is 0.240. The number of hydrogen-bond donors (Lipinski definition) is 1. The van der Waals surface area contributed by atoms with Crippen LogP contribution in [0.1, 0.15) is 11.4 Å². The summed E-state index contributed by atoms with van der Waals surface area (Å²) in [6, 6.07) is 19.5. The highest BCUT2D eigenvalue weighted by molar-refractivity contribution is 5.94. The molecule has 0 unspecified atom stereocenters. The number of aromatic nitrogens is 5. The Morgan fingerprint density at radius 2 is 1.88 bits per heavy atom. The second-order valence-electron chi connectivity index (χ2n) is 8.18. The molecular weight excluding hydrogens is 400 g/mol. The molecule has 6 rings (SSSR count). The number of anilines is 1. The number of aryl methyl sites for hydroxylation is 1. The Morgan fingerprint density at radius 3 is 2.72 bits per heavy atom. The van der Waals surface area contributed by atoms with Gasteiger partial charge in [-0.3, -0.25) is 5.10 Å². The summed E-state index contributed by atoms with van der Waals surface area (Å²) in [5.74, 6) is 1.72. The number of aromatic amines is 1. The molecule has 0 bridgehead atoms. The van der Waals surface area contributed by atoms with Gasteiger partial charge >= 0.3 is 0 Å². The summed E-state index contributed by atoms with van der Waals surface area (Å²) < 4.78 is 7.88. The van der Waals surface area contributed by atoms with E-state index in [4.69, 9.17) is 9.72 Å². The molecule has 1 fully saturated rings. The molecule has 0 aliphatic carbocycles. The number of morpholine rings is 1. The van der Waals surface area contributed by atoms with Gasteiger partial charge in [0.15, 0.2) is 5.82 Å². The third-order valence-electron chi connectivity index (χ3n) is 6.28. The number of nitrogens with zero attached hydrogens (tertiary/aromatic N) is 5. The number of benzene rings is 3. The lowest BCUT2D eigenvalue weighted by Gasteiger charge is -2.29. The summed E-state index contributed by atoms with van der Waals surface area (Å²) >= 11 is 0. The molecular formula is C25H24N6O. The van der Waals surface area contributed by atoms with E-state index in [9.17, 15) is 0 Å². The maximum atomic E-state index is 5.57. The molecule has 1 saturated heterocycles. The first-order valence-electron chi connectivity index (χ1n) is 10.9. The molecule has 7 heteroatoms. The van der Waals surface area contributed by atoms with Crippen molar-refractivity contribution in [3.05, 3.63) is 72.3 Å². The number of hydrogen-bond acceptors (Lipinski definition) is 5. The van der Waals surface area contributed by atoms with Gasteiger partial charge in [-0.1, -0.05) is 42.5 Å². The number of imidazole rings is 1. The molecule has 3 heterocycles. The number of rotatable bonds is 4. The quantitative estimate of drug-likeness (QED) is 0.469. The predicted octanol–water partition coefficient (Wildman–Crippen LogP) is 4.17. The van der Waals surface area contributed by atoms with Gasteiger partial charge in [0.05, 0.1) is 24.2 Å². The molecule has 3 aromatic carbocycles. The van der Waals surface area contributed by atoms with E-state index in [0.717, 1.165) is 66.8 Å². The Hall–Kier alpha value is -3.71. The third kappa shape index (κ3) is 3.22. The van der Waals surface area contributed by atoms with Crippen molar-refractivity contribution >= 4 is 27.5 Å². The summed E-state index contributed by atoms with van der Waals surface area (Å²) in [6.45, 7) is 6.05. The van der Waals surface area contributed by atoms with Crippen LogP contribution in [0.2, 0.25) is 0 Å². The molecule has 2 aromatic heterocycles. The average Bonchev–Trinajstić information content (AvgIpc) is 3.48. The zero-order chi connectivity index (χ0) is 21.5. The topological polar surface area (TPSA) is 71.9 Å². The highest BCUT2D eigenvalue weighted by atomic mass is 16.5. The van der Waals surface area contributed by atoms with Crippen LogP contribution in [-0.2, 0) is 11.3 Å². The minimum absolute atomic E-state index is 0.736. The van der Waals surface area contributed by atoms with Crippen molar-refractivity contribution in [2.45, 2.75) is 13.5 Å². The minimum Gasteiger partial charge on any atom is -0.378 e. The summed E-state index contributed by atoms with van der Waals surface area (Å²) in [5, 5.41) is 9.63. The average molecular weight is 425 g/mol. The maximum absolute atomic E-state index is 5.57. The molecule has 0 radical (unpaired) electrons. The van der Waals surface area contributed by atoms with Gasteiger partial charge < -0.3 is 14.2 Å². The predicted molar refractivity (Wildman–Crippen MR) is 126 cm³/mol. The summed E-state index contributed by atoms with van der Waals surface area (Å²) in [6.07, 6.45) is 1.54. The Kier molecular flexibility index (Phi) is 4.61. The van der Waals surface area contributed by atoms with Crippen molar-refractivity contribution in [1.82, 2.24) is 24.7 Å². The van der Waals surface area contributed by atoms with E-state index in [1.807, 2.05) is 0 Å². The molecule has 0 saturated carbocycles. The van der Waals surface area contributed by atoms with Gasteiger partial charge in [0.25, 0.3) is 0 Å². The van der Waals surface area contributed by atoms with Crippen LogP contribution in [0.25, 0.3) is 33.2 Å². The zero-order valence-corrected chi connectivity index (χ0v) is 18.0. The van der Waals surface area contributed by atoms with Crippen molar-refractivity contribution in [3.63, 3.8) is 0 Å². The second kappa shape index (κ2) is 7.76. The van der Waals surface area contributed by atoms with E-state index in [-0.39, 0.29) is 0 Å². The lowest BCUT2D eigenvalue weighted by atomic mass is 10.0. The molecule has 1 N–H and O–H groups in total. The van der Waals surface area contributed by atoms with Gasteiger partial charge in [0.1, 0.15) is 12.2 Å². The molecule has 0 atom stereocenters. The van der Waals surface area contributed by atoms with E-state index >= 15 is 0 Å². The highest BCUT2D eigenvalue weighted by Crippen LogP contribution is 2.33. The van der Waals surface area contributed by atoms with Crippen molar-refractivity contribution < 1.29 is 4.74 Å². The fourth-order valence-electron chi connectivity index (χ4n) is 4.64. The van der Waals surface area contributed by atoms with E-state index in [1.165, 1.54) is 16.3 Å². The molecule has 160 valence electrons. The Bertz CT molecular complexity index is 1390. The van der Waals surface area contributed by atoms with Crippen LogP contribution in [0, 0.1) is 6.92 Å². The van der Waals surface area contributed by atoms with Crippen LogP contribution in [0.15, 0.2) is 60.9 Å². The fourth-order valence-corrected chi connectivity index (χ4v) is 4.64. The smallest absolute Gasteiger partial charge is 0.157 e. The standard InChI is InChI=1S/C25H24N6O/c1-17-28-24-22(25-26-16-27-29-25)13-20(30-9-11-32-12-10-30)14-23(24)31(17)15-19-7-4-6-18-5-2-3-8-21(18)19/h2-8,13-14,16H,9-12,15H2,1H3,(H,26,27,29). The summed E-state index contributed by atoms with van der Waals surface area (Å²) in [5.41, 5.74) is 5.46. The molecule has 7 nitrogen and oxygen atoms in total. The second-order valence-corrected chi connectivity index (χ2v) is 8.18. The number of ether oxygens (including phenoxy) is 1. The van der Waals surface area contributed by atoms with Gasteiger partial charge in [0, 0.05) is 30.9 Å². The van der Waals surface area contributed by atoms with Gasteiger partial charge in [0.2, 0.25) is 0 Å². The van der Waals surface area contributed by atoms with Crippen LogP contribution < -0.4 is 4.90 Å². The van der Waals surface area contributed by atoms with E-state index < -0.39 is 0 Å². The first-order chi connectivity index (χ1) is 15.8. The first kappa shape index (κ1) is 19.0. The molecule has 0 spiro atoms. The maximum Gasteiger partial charge on any atom is 0.157 e. The van der Waals surface area contributed by atoms with E-state index in [1.54, 1.807) is 6.33 Å². The van der Waals surface area contributed by atoms with Crippen LogP contribution in [-0.4, -0.2) is 51.0 Å². The Labute approximate surface area is 185 Å². The Morgan fingerprint density at radius 1 is 1.03 bits per heavy atom. The monoisotopic (exact) mass is 424 g/mol. The lowest BCUT2D eigenvalue weighted by molar-refractivity contribution is 0.122. The van der Waals surface area contributed by atoms with Crippen LogP contribution in [0.5, 0.6) is 0 Å². The largest absolute Gasteiger partial charge is 0.378 e. The van der Waals surface area contributed by atoms with Gasteiger partial charge in [-0.15, -0.1) is 0 Å². The Balaban J connectivity index is 1.53. The van der Waals surface area contributed by atoms with Crippen molar-refractivity contribution in [2.24, 2.45) is 0 Å². The number of nitrogens with one attached hydrogen (secondary N) is 1. The van der Waals surface area contributed by atoms with Crippen LogP contribution in [0.3, 0.4) is 0 Å². The molecule has 1 aliphatic heterocycles. The molecule has 5 aromatic rings. The van der Waals surface area contributed by atoms with Crippen LogP contribution >= 0.6 is 0 Å². The molecule has 1 aliphatic rings. The van der Waals surface area contributed by atoms with E-state index in [0.29, 0.717) is 0 Å². The number of H-pyrrole nitrogens is 1. The normalized spacial score (nSPS) is 14.5. The van der Waals surface area contributed by atoms with Crippen molar-refractivity contribution in [2.75, 3.05) is 31.2 Å². The SMILES string of the molecule is Cc1nc2c(-c3ncn[nH]3)cc(N3CCOCC3)cc2n1Cc1cccc2ccccc12. The van der Waals surface area contributed by atoms with Gasteiger partial charge in [-0.25, -0.2) is 9.97 Å².